The molecule has 2 amide bonds. The van der Waals surface area contributed by atoms with Crippen LogP contribution in [-0.4, -0.2) is 48.4 Å². The molecule has 7 nitrogen and oxygen atoms in total. The van der Waals surface area contributed by atoms with Crippen molar-refractivity contribution < 1.29 is 24.2 Å². The van der Waals surface area contributed by atoms with Gasteiger partial charge in [-0.2, -0.15) is 0 Å². The third-order valence-corrected chi connectivity index (χ3v) is 2.08. The van der Waals surface area contributed by atoms with E-state index in [0.29, 0.717) is 6.42 Å². The van der Waals surface area contributed by atoms with Crippen LogP contribution in [0, 0.1) is 0 Å². The van der Waals surface area contributed by atoms with Gasteiger partial charge in [-0.05, 0) is 27.2 Å². The van der Waals surface area contributed by atoms with Crippen molar-refractivity contribution in [2.24, 2.45) is 0 Å². The Morgan fingerprint density at radius 2 is 1.95 bits per heavy atom. The lowest BCUT2D eigenvalue weighted by Gasteiger charge is -2.22. The van der Waals surface area contributed by atoms with Gasteiger partial charge in [0.2, 0.25) is 0 Å². The van der Waals surface area contributed by atoms with Crippen LogP contribution in [0.3, 0.4) is 0 Å². The summed E-state index contributed by atoms with van der Waals surface area (Å²) in [6.45, 7) is 5.30. The van der Waals surface area contributed by atoms with Crippen LogP contribution in [-0.2, 0) is 9.47 Å². The number of amides is 2. The number of carbonyl (C=O) groups excluding carboxylic acids is 2. The standard InChI is InChI=1S/C11H23N2O5P/c1-11(2,3)18-10(16)13-8(6-14)4-5-12-9(15)17-7-19/h8,14H,4-7,19H2,1-3H3,(H,12,15)(H,13,16). The van der Waals surface area contributed by atoms with E-state index in [1.54, 1.807) is 20.8 Å². The maximum atomic E-state index is 11.5. The van der Waals surface area contributed by atoms with E-state index in [1.165, 1.54) is 0 Å². The minimum atomic E-state index is -0.598. The average Bonchev–Trinajstić information content (AvgIpc) is 2.25. The first kappa shape index (κ1) is 17.9. The molecule has 2 atom stereocenters. The van der Waals surface area contributed by atoms with Crippen molar-refractivity contribution in [3.8, 4) is 0 Å². The van der Waals surface area contributed by atoms with Gasteiger partial charge in [0.1, 0.15) is 11.9 Å². The lowest BCUT2D eigenvalue weighted by atomic mass is 10.2. The van der Waals surface area contributed by atoms with Gasteiger partial charge in [-0.15, -0.1) is 0 Å². The summed E-state index contributed by atoms with van der Waals surface area (Å²) in [5.41, 5.74) is -0.592. The zero-order valence-corrected chi connectivity index (χ0v) is 12.7. The van der Waals surface area contributed by atoms with Crippen LogP contribution in [0.1, 0.15) is 27.2 Å². The summed E-state index contributed by atoms with van der Waals surface area (Å²) >= 11 is 0. The second kappa shape index (κ2) is 8.93. The fourth-order valence-corrected chi connectivity index (χ4v) is 1.31. The number of hydrogen-bond donors (Lipinski definition) is 3. The van der Waals surface area contributed by atoms with E-state index >= 15 is 0 Å². The van der Waals surface area contributed by atoms with Crippen LogP contribution in [0.2, 0.25) is 0 Å². The minimum absolute atomic E-state index is 0.214. The summed E-state index contributed by atoms with van der Waals surface area (Å²) in [4.78, 5) is 22.5. The first-order valence-corrected chi connectivity index (χ1v) is 6.81. The molecule has 0 radical (unpaired) electrons. The number of aliphatic hydroxyl groups is 1. The molecule has 2 unspecified atom stereocenters. The largest absolute Gasteiger partial charge is 0.446 e. The van der Waals surface area contributed by atoms with Crippen molar-refractivity contribution in [1.82, 2.24) is 10.6 Å². The van der Waals surface area contributed by atoms with Gasteiger partial charge in [-0.1, -0.05) is 9.24 Å². The quantitative estimate of drug-likeness (QED) is 0.630. The van der Waals surface area contributed by atoms with Crippen molar-refractivity contribution in [2.45, 2.75) is 38.8 Å². The SMILES string of the molecule is CC(C)(C)OC(=O)NC(CO)CCNC(=O)OCP. The van der Waals surface area contributed by atoms with E-state index in [1.807, 2.05) is 0 Å². The first-order chi connectivity index (χ1) is 8.78. The highest BCUT2D eigenvalue weighted by atomic mass is 31.0. The molecule has 0 spiro atoms. The van der Waals surface area contributed by atoms with Gasteiger partial charge < -0.3 is 25.2 Å². The van der Waals surface area contributed by atoms with Crippen molar-refractivity contribution in [3.05, 3.63) is 0 Å². The Kier molecular flexibility index (Phi) is 8.43. The molecule has 8 heteroatoms. The van der Waals surface area contributed by atoms with E-state index in [-0.39, 0.29) is 19.5 Å². The summed E-state index contributed by atoms with van der Waals surface area (Å²) < 4.78 is 9.70. The third-order valence-electron chi connectivity index (χ3n) is 1.92. The van der Waals surface area contributed by atoms with Crippen molar-refractivity contribution >= 4 is 21.4 Å². The Labute approximate surface area is 115 Å². The highest BCUT2D eigenvalue weighted by Crippen LogP contribution is 2.07. The highest BCUT2D eigenvalue weighted by Gasteiger charge is 2.19. The zero-order chi connectivity index (χ0) is 14.9. The summed E-state index contributed by atoms with van der Waals surface area (Å²) in [6, 6.07) is -0.480. The molecule has 0 rings (SSSR count). The maximum absolute atomic E-state index is 11.5. The topological polar surface area (TPSA) is 96.9 Å². The average molecular weight is 294 g/mol. The van der Waals surface area contributed by atoms with Crippen molar-refractivity contribution in [3.63, 3.8) is 0 Å². The predicted octanol–water partition coefficient (Wildman–Crippen LogP) is 0.821. The number of aliphatic hydroxyl groups excluding tert-OH is 1. The molecule has 0 aromatic heterocycles. The molecule has 0 aliphatic heterocycles. The van der Waals surface area contributed by atoms with Gasteiger partial charge in [0.25, 0.3) is 0 Å². The summed E-state index contributed by atoms with van der Waals surface area (Å²) in [5.74, 6) is 0. The van der Waals surface area contributed by atoms with Gasteiger partial charge in [-0.25, -0.2) is 9.59 Å². The molecule has 0 heterocycles. The molecule has 0 aromatic carbocycles. The molecule has 3 N–H and O–H groups in total. The fraction of sp³-hybridized carbons (Fsp3) is 0.818. The van der Waals surface area contributed by atoms with E-state index in [0.717, 1.165) is 0 Å². The number of ether oxygens (including phenoxy) is 2. The van der Waals surface area contributed by atoms with Gasteiger partial charge >= 0.3 is 12.2 Å². The van der Waals surface area contributed by atoms with Crippen LogP contribution in [0.15, 0.2) is 0 Å². The molecule has 112 valence electrons. The van der Waals surface area contributed by atoms with Crippen LogP contribution < -0.4 is 10.6 Å². The monoisotopic (exact) mass is 294 g/mol. The van der Waals surface area contributed by atoms with Crippen LogP contribution in [0.5, 0.6) is 0 Å². The molecular formula is C11H23N2O5P. The molecule has 0 aliphatic rings. The van der Waals surface area contributed by atoms with Crippen LogP contribution in [0.4, 0.5) is 9.59 Å². The van der Waals surface area contributed by atoms with Crippen molar-refractivity contribution in [2.75, 3.05) is 19.5 Å². The minimum Gasteiger partial charge on any atom is -0.446 e. The highest BCUT2D eigenvalue weighted by molar-refractivity contribution is 7.16. The zero-order valence-electron chi connectivity index (χ0n) is 11.6. The number of alkyl carbamates (subject to hydrolysis) is 2. The molecule has 0 saturated carbocycles. The summed E-state index contributed by atoms with van der Waals surface area (Å²) in [5, 5.41) is 14.1. The van der Waals surface area contributed by atoms with Gasteiger partial charge in [-0.3, -0.25) is 0 Å². The smallest absolute Gasteiger partial charge is 0.407 e. The number of rotatable bonds is 6. The second-order valence-corrected chi connectivity index (χ2v) is 5.17. The summed E-state index contributed by atoms with van der Waals surface area (Å²) in [6.07, 6.45) is -0.546. The Bertz CT molecular complexity index is 293. The molecule has 0 bridgehead atoms. The molecule has 19 heavy (non-hydrogen) atoms. The Morgan fingerprint density at radius 1 is 1.32 bits per heavy atom. The fourth-order valence-electron chi connectivity index (χ4n) is 1.16. The van der Waals surface area contributed by atoms with Crippen LogP contribution in [0.25, 0.3) is 0 Å². The molecule has 0 saturated heterocycles. The normalized spacial score (nSPS) is 12.5. The number of nitrogens with one attached hydrogen (secondary N) is 2. The number of hydrogen-bond acceptors (Lipinski definition) is 5. The van der Waals surface area contributed by atoms with Gasteiger partial charge in [0, 0.05) is 6.54 Å². The molecule has 0 fully saturated rings. The van der Waals surface area contributed by atoms with E-state index in [2.05, 4.69) is 24.6 Å². The van der Waals surface area contributed by atoms with Gasteiger partial charge in [0.15, 0.2) is 0 Å². The lowest BCUT2D eigenvalue weighted by Crippen LogP contribution is -2.42. The molecule has 0 aliphatic carbocycles. The second-order valence-electron chi connectivity index (χ2n) is 4.84. The first-order valence-electron chi connectivity index (χ1n) is 5.99. The van der Waals surface area contributed by atoms with Gasteiger partial charge in [0.05, 0.1) is 12.6 Å². The predicted molar refractivity (Wildman–Crippen MR) is 73.9 cm³/mol. The Morgan fingerprint density at radius 3 is 2.42 bits per heavy atom. The van der Waals surface area contributed by atoms with Crippen LogP contribution >= 0.6 is 9.24 Å². The van der Waals surface area contributed by atoms with E-state index < -0.39 is 23.8 Å². The van der Waals surface area contributed by atoms with E-state index in [9.17, 15) is 9.59 Å². The van der Waals surface area contributed by atoms with Crippen molar-refractivity contribution in [1.29, 1.82) is 0 Å². The third kappa shape index (κ3) is 10.5. The number of carbonyl (C=O) groups is 2. The lowest BCUT2D eigenvalue weighted by molar-refractivity contribution is 0.0479. The van der Waals surface area contributed by atoms with E-state index in [4.69, 9.17) is 9.84 Å². The Hall–Kier alpha value is -1.07. The summed E-state index contributed by atoms with van der Waals surface area (Å²) in [7, 11) is 2.26. The molecular weight excluding hydrogens is 271 g/mol. The Balaban J connectivity index is 3.95. The molecule has 0 aromatic rings. The maximum Gasteiger partial charge on any atom is 0.407 e.